The van der Waals surface area contributed by atoms with Gasteiger partial charge in [-0.1, -0.05) is 28.1 Å². The van der Waals surface area contributed by atoms with Crippen molar-refractivity contribution in [2.24, 2.45) is 5.10 Å². The van der Waals surface area contributed by atoms with Gasteiger partial charge < -0.3 is 9.30 Å². The maximum Gasteiger partial charge on any atom is 0.287 e. The summed E-state index contributed by atoms with van der Waals surface area (Å²) in [5.41, 5.74) is 7.90. The van der Waals surface area contributed by atoms with Crippen LogP contribution < -0.4 is 10.2 Å². The van der Waals surface area contributed by atoms with E-state index in [1.165, 1.54) is 18.3 Å². The summed E-state index contributed by atoms with van der Waals surface area (Å²) in [5.74, 6) is 1.23. The molecule has 1 N–H and O–H groups in total. The van der Waals surface area contributed by atoms with E-state index in [2.05, 4.69) is 36.0 Å². The Labute approximate surface area is 205 Å². The van der Waals surface area contributed by atoms with Crippen LogP contribution in [-0.2, 0) is 6.61 Å². The van der Waals surface area contributed by atoms with E-state index in [9.17, 15) is 10.1 Å². The molecule has 2 aromatic heterocycles. The first kappa shape index (κ1) is 23.2. The molecule has 2 aromatic carbocycles. The quantitative estimate of drug-likeness (QED) is 0.170. The molecule has 172 valence electrons. The van der Waals surface area contributed by atoms with Gasteiger partial charge in [0.2, 0.25) is 0 Å². The third-order valence-corrected chi connectivity index (χ3v) is 5.75. The number of aryl methyl sites for hydroxylation is 1. The lowest BCUT2D eigenvalue weighted by atomic mass is 10.2. The van der Waals surface area contributed by atoms with Gasteiger partial charge in [0.05, 0.1) is 11.1 Å². The van der Waals surface area contributed by atoms with Gasteiger partial charge in [-0.3, -0.25) is 15.5 Å². The number of hydrogen-bond donors (Lipinski definition) is 1. The number of pyridine rings is 1. The Kier molecular flexibility index (Phi) is 7.03. The third-order valence-electron chi connectivity index (χ3n) is 5.23. The first-order chi connectivity index (χ1) is 16.4. The second kappa shape index (κ2) is 10.3. The number of hydrogen-bond acceptors (Lipinski definition) is 6. The molecule has 4 aromatic rings. The first-order valence-corrected chi connectivity index (χ1v) is 11.3. The maximum atomic E-state index is 10.7. The largest absolute Gasteiger partial charge is 0.489 e. The van der Waals surface area contributed by atoms with E-state index in [-0.39, 0.29) is 5.69 Å². The summed E-state index contributed by atoms with van der Waals surface area (Å²) < 4.78 is 9.09. The van der Waals surface area contributed by atoms with Crippen molar-refractivity contribution in [1.29, 1.82) is 0 Å². The number of halogens is 1. The molecule has 0 aliphatic rings. The zero-order chi connectivity index (χ0) is 24.1. The van der Waals surface area contributed by atoms with E-state index in [0.717, 1.165) is 38.4 Å². The van der Waals surface area contributed by atoms with Gasteiger partial charge in [0.1, 0.15) is 24.4 Å². The van der Waals surface area contributed by atoms with E-state index in [4.69, 9.17) is 4.74 Å². The van der Waals surface area contributed by atoms with Crippen LogP contribution in [0.2, 0.25) is 0 Å². The number of aromatic nitrogens is 2. The molecular weight excluding hydrogens is 498 g/mol. The Bertz CT molecular complexity index is 1310. The molecule has 0 fully saturated rings. The van der Waals surface area contributed by atoms with Gasteiger partial charge in [-0.15, -0.1) is 0 Å². The summed E-state index contributed by atoms with van der Waals surface area (Å²) in [5, 5.41) is 14.9. The Morgan fingerprint density at radius 3 is 2.50 bits per heavy atom. The summed E-state index contributed by atoms with van der Waals surface area (Å²) in [4.78, 5) is 14.2. The normalized spacial score (nSPS) is 11.0. The molecule has 0 bridgehead atoms. The van der Waals surface area contributed by atoms with Gasteiger partial charge in [-0.2, -0.15) is 5.10 Å². The summed E-state index contributed by atoms with van der Waals surface area (Å²) in [7, 11) is 0. The maximum absolute atomic E-state index is 10.7. The average Bonchev–Trinajstić information content (AvgIpc) is 3.12. The lowest BCUT2D eigenvalue weighted by Crippen LogP contribution is -2.01. The van der Waals surface area contributed by atoms with Crippen LogP contribution in [-0.4, -0.2) is 20.7 Å². The van der Waals surface area contributed by atoms with Gasteiger partial charge in [-0.05, 0) is 67.9 Å². The number of rotatable bonds is 8. The number of hydrazone groups is 1. The minimum atomic E-state index is -0.490. The number of ether oxygens (including phenoxy) is 1. The van der Waals surface area contributed by atoms with Crippen molar-refractivity contribution >= 4 is 33.6 Å². The van der Waals surface area contributed by atoms with E-state index in [1.54, 1.807) is 6.21 Å². The smallest absolute Gasteiger partial charge is 0.287 e. The summed E-state index contributed by atoms with van der Waals surface area (Å²) in [6, 6.07) is 21.0. The molecule has 0 atom stereocenters. The fourth-order valence-corrected chi connectivity index (χ4v) is 3.75. The van der Waals surface area contributed by atoms with Crippen molar-refractivity contribution < 1.29 is 9.66 Å². The van der Waals surface area contributed by atoms with Crippen LogP contribution in [0.4, 0.5) is 11.5 Å². The SMILES string of the molecule is Cc1cc(/C=N/Nc2ccc([N+](=O)[O-])cn2)c(C)n1-c1ccc(OCc2ccc(Br)cc2)cc1. The van der Waals surface area contributed by atoms with Gasteiger partial charge >= 0.3 is 0 Å². The van der Waals surface area contributed by atoms with Crippen molar-refractivity contribution in [3.8, 4) is 11.4 Å². The molecule has 8 nitrogen and oxygen atoms in total. The fraction of sp³-hybridized carbons (Fsp3) is 0.120. The fourth-order valence-electron chi connectivity index (χ4n) is 3.48. The highest BCUT2D eigenvalue weighted by Gasteiger charge is 2.10. The highest BCUT2D eigenvalue weighted by Crippen LogP contribution is 2.23. The standard InChI is InChI=1S/C25H22BrN5O3/c1-17-13-20(14-28-29-25-12-9-23(15-27-25)31(32)33)18(2)30(17)22-7-10-24(11-8-22)34-16-19-3-5-21(26)6-4-19/h3-15H,16H2,1-2H3,(H,27,29)/b28-14+. The van der Waals surface area contributed by atoms with Crippen LogP contribution in [0.5, 0.6) is 5.75 Å². The lowest BCUT2D eigenvalue weighted by Gasteiger charge is -2.11. The second-order valence-electron chi connectivity index (χ2n) is 7.60. The van der Waals surface area contributed by atoms with Crippen molar-refractivity contribution in [3.05, 3.63) is 110 Å². The zero-order valence-corrected chi connectivity index (χ0v) is 20.2. The van der Waals surface area contributed by atoms with E-state index in [0.29, 0.717) is 12.4 Å². The van der Waals surface area contributed by atoms with Crippen LogP contribution in [0.25, 0.3) is 5.69 Å². The van der Waals surface area contributed by atoms with Crippen LogP contribution in [0.3, 0.4) is 0 Å². The monoisotopic (exact) mass is 519 g/mol. The topological polar surface area (TPSA) is 94.6 Å². The predicted molar refractivity (Wildman–Crippen MR) is 136 cm³/mol. The number of nitrogens with zero attached hydrogens (tertiary/aromatic N) is 4. The molecule has 9 heteroatoms. The van der Waals surface area contributed by atoms with Crippen LogP contribution >= 0.6 is 15.9 Å². The van der Waals surface area contributed by atoms with Crippen molar-refractivity contribution in [3.63, 3.8) is 0 Å². The molecule has 0 saturated heterocycles. The van der Waals surface area contributed by atoms with Gasteiger partial charge in [0.15, 0.2) is 0 Å². The van der Waals surface area contributed by atoms with E-state index < -0.39 is 4.92 Å². The number of nitrogens with one attached hydrogen (secondary N) is 1. The van der Waals surface area contributed by atoms with Crippen LogP contribution in [0, 0.1) is 24.0 Å². The van der Waals surface area contributed by atoms with Crippen LogP contribution in [0.15, 0.2) is 82.5 Å². The predicted octanol–water partition coefficient (Wildman–Crippen LogP) is 6.18. The molecule has 0 amide bonds. The highest BCUT2D eigenvalue weighted by molar-refractivity contribution is 9.10. The summed E-state index contributed by atoms with van der Waals surface area (Å²) in [6.45, 7) is 4.56. The van der Waals surface area contributed by atoms with Crippen molar-refractivity contribution in [1.82, 2.24) is 9.55 Å². The Morgan fingerprint density at radius 1 is 1.12 bits per heavy atom. The molecule has 0 unspecified atom stereocenters. The number of benzene rings is 2. The lowest BCUT2D eigenvalue weighted by molar-refractivity contribution is -0.385. The second-order valence-corrected chi connectivity index (χ2v) is 8.52. The first-order valence-electron chi connectivity index (χ1n) is 10.5. The third kappa shape index (κ3) is 5.49. The summed E-state index contributed by atoms with van der Waals surface area (Å²) >= 11 is 3.44. The van der Waals surface area contributed by atoms with Gasteiger partial charge in [0, 0.05) is 33.2 Å². The molecule has 0 spiro atoms. The molecular formula is C25H22BrN5O3. The summed E-state index contributed by atoms with van der Waals surface area (Å²) in [6.07, 6.45) is 2.90. The molecule has 4 rings (SSSR count). The molecule has 34 heavy (non-hydrogen) atoms. The molecule has 0 saturated carbocycles. The minimum Gasteiger partial charge on any atom is -0.489 e. The zero-order valence-electron chi connectivity index (χ0n) is 18.6. The van der Waals surface area contributed by atoms with E-state index >= 15 is 0 Å². The van der Waals surface area contributed by atoms with Crippen LogP contribution in [0.1, 0.15) is 22.5 Å². The van der Waals surface area contributed by atoms with Gasteiger partial charge in [0.25, 0.3) is 5.69 Å². The number of anilines is 1. The minimum absolute atomic E-state index is 0.0668. The number of nitro groups is 1. The molecule has 0 radical (unpaired) electrons. The molecule has 2 heterocycles. The van der Waals surface area contributed by atoms with E-state index in [1.807, 2.05) is 68.4 Å². The van der Waals surface area contributed by atoms with Crippen molar-refractivity contribution in [2.45, 2.75) is 20.5 Å². The average molecular weight is 520 g/mol. The Hall–Kier alpha value is -3.98. The highest BCUT2D eigenvalue weighted by atomic mass is 79.9. The van der Waals surface area contributed by atoms with Crippen molar-refractivity contribution in [2.75, 3.05) is 5.43 Å². The van der Waals surface area contributed by atoms with Gasteiger partial charge in [-0.25, -0.2) is 4.98 Å². The molecule has 0 aliphatic heterocycles. The Morgan fingerprint density at radius 2 is 1.85 bits per heavy atom. The Balaban J connectivity index is 1.42. The molecule has 0 aliphatic carbocycles.